The molecule has 1 aliphatic heterocycles. The molecule has 2 aromatic rings. The number of amides is 4. The highest BCUT2D eigenvalue weighted by molar-refractivity contribution is 6.21. The number of nitrogens with zero attached hydrogens (tertiary/aromatic N) is 1. The van der Waals surface area contributed by atoms with E-state index < -0.39 is 17.7 Å². The number of benzene rings is 2. The summed E-state index contributed by atoms with van der Waals surface area (Å²) < 4.78 is 5.08. The number of methoxy groups -OCH3 is 1. The van der Waals surface area contributed by atoms with Gasteiger partial charge < -0.3 is 15.4 Å². The molecule has 0 atom stereocenters. The van der Waals surface area contributed by atoms with Crippen molar-refractivity contribution < 1.29 is 23.9 Å². The van der Waals surface area contributed by atoms with Crippen molar-refractivity contribution in [2.75, 3.05) is 20.2 Å². The lowest BCUT2D eigenvalue weighted by atomic mass is 10.1. The molecule has 2 N–H and O–H groups in total. The van der Waals surface area contributed by atoms with Crippen LogP contribution in [0.3, 0.4) is 0 Å². The minimum atomic E-state index is -0.415. The van der Waals surface area contributed by atoms with Crippen molar-refractivity contribution in [2.45, 2.75) is 19.9 Å². The second-order valence-corrected chi connectivity index (χ2v) is 6.96. The number of imide groups is 1. The molecule has 0 bridgehead atoms. The van der Waals surface area contributed by atoms with E-state index in [1.54, 1.807) is 37.4 Å². The van der Waals surface area contributed by atoms with Crippen LogP contribution in [0.25, 0.3) is 0 Å². The fourth-order valence-corrected chi connectivity index (χ4v) is 3.09. The van der Waals surface area contributed by atoms with Crippen molar-refractivity contribution in [1.29, 1.82) is 0 Å². The molecule has 1 aliphatic rings. The quantitative estimate of drug-likeness (QED) is 0.642. The Balaban J connectivity index is 1.41. The Hall–Kier alpha value is -3.68. The number of fused-ring (bicyclic) bond motifs is 1. The van der Waals surface area contributed by atoms with Gasteiger partial charge in [-0.15, -0.1) is 0 Å². The van der Waals surface area contributed by atoms with Gasteiger partial charge in [0.25, 0.3) is 11.8 Å². The zero-order valence-corrected chi connectivity index (χ0v) is 16.9. The van der Waals surface area contributed by atoms with Crippen molar-refractivity contribution in [3.8, 4) is 5.75 Å². The standard InChI is InChI=1S/C22H23N3O5/c1-14-3-8-17-18(11-14)22(29)25(21(17)28)10-9-19(26)24-13-20(27)23-12-15-4-6-16(30-2)7-5-15/h3-8,11H,9-10,12-13H2,1-2H3,(H,23,27)(H,24,26). The Morgan fingerprint density at radius 3 is 2.33 bits per heavy atom. The molecule has 0 fully saturated rings. The third-order valence-electron chi connectivity index (χ3n) is 4.78. The Bertz CT molecular complexity index is 985. The van der Waals surface area contributed by atoms with E-state index in [0.717, 1.165) is 21.8 Å². The number of rotatable bonds is 8. The van der Waals surface area contributed by atoms with E-state index in [9.17, 15) is 19.2 Å². The smallest absolute Gasteiger partial charge is 0.261 e. The monoisotopic (exact) mass is 409 g/mol. The molecular formula is C22H23N3O5. The summed E-state index contributed by atoms with van der Waals surface area (Å²) in [5, 5.41) is 5.21. The molecule has 156 valence electrons. The van der Waals surface area contributed by atoms with E-state index >= 15 is 0 Å². The average molecular weight is 409 g/mol. The third-order valence-corrected chi connectivity index (χ3v) is 4.78. The van der Waals surface area contributed by atoms with E-state index in [2.05, 4.69) is 10.6 Å². The first-order valence-corrected chi connectivity index (χ1v) is 9.52. The first-order valence-electron chi connectivity index (χ1n) is 9.52. The fourth-order valence-electron chi connectivity index (χ4n) is 3.09. The van der Waals surface area contributed by atoms with Crippen LogP contribution in [0.1, 0.15) is 38.3 Å². The second-order valence-electron chi connectivity index (χ2n) is 6.96. The van der Waals surface area contributed by atoms with Crippen LogP contribution >= 0.6 is 0 Å². The van der Waals surface area contributed by atoms with Crippen LogP contribution in [0, 0.1) is 6.92 Å². The van der Waals surface area contributed by atoms with Gasteiger partial charge in [0.15, 0.2) is 0 Å². The van der Waals surface area contributed by atoms with Crippen LogP contribution < -0.4 is 15.4 Å². The zero-order valence-electron chi connectivity index (χ0n) is 16.9. The van der Waals surface area contributed by atoms with Gasteiger partial charge in [0.05, 0.1) is 24.8 Å². The molecule has 8 heteroatoms. The summed E-state index contributed by atoms with van der Waals surface area (Å²) in [6.45, 7) is 1.95. The lowest BCUT2D eigenvalue weighted by Crippen LogP contribution is -2.39. The topological polar surface area (TPSA) is 105 Å². The van der Waals surface area contributed by atoms with Crippen molar-refractivity contribution in [2.24, 2.45) is 0 Å². The number of nitrogens with one attached hydrogen (secondary N) is 2. The highest BCUT2D eigenvalue weighted by Gasteiger charge is 2.35. The average Bonchev–Trinajstić information content (AvgIpc) is 2.98. The van der Waals surface area contributed by atoms with Gasteiger partial charge in [-0.2, -0.15) is 0 Å². The van der Waals surface area contributed by atoms with Crippen LogP contribution in [-0.2, 0) is 16.1 Å². The van der Waals surface area contributed by atoms with E-state index in [1.807, 2.05) is 19.1 Å². The maximum Gasteiger partial charge on any atom is 0.261 e. The largest absolute Gasteiger partial charge is 0.497 e. The molecule has 0 aromatic heterocycles. The van der Waals surface area contributed by atoms with Crippen molar-refractivity contribution in [1.82, 2.24) is 15.5 Å². The summed E-state index contributed by atoms with van der Waals surface area (Å²) in [7, 11) is 1.58. The third kappa shape index (κ3) is 4.83. The van der Waals surface area contributed by atoms with E-state index in [-0.39, 0.29) is 25.4 Å². The van der Waals surface area contributed by atoms with Gasteiger partial charge in [-0.05, 0) is 36.8 Å². The molecule has 4 amide bonds. The minimum absolute atomic E-state index is 0.0370. The van der Waals surface area contributed by atoms with Crippen LogP contribution in [0.4, 0.5) is 0 Å². The zero-order chi connectivity index (χ0) is 21.7. The highest BCUT2D eigenvalue weighted by atomic mass is 16.5. The summed E-state index contributed by atoms with van der Waals surface area (Å²) in [5.41, 5.74) is 2.49. The van der Waals surface area contributed by atoms with Crippen molar-refractivity contribution >= 4 is 23.6 Å². The molecule has 0 unspecified atom stereocenters. The Morgan fingerprint density at radius 1 is 0.933 bits per heavy atom. The number of carbonyl (C=O) groups is 4. The molecule has 0 aliphatic carbocycles. The Kier molecular flexibility index (Phi) is 6.46. The van der Waals surface area contributed by atoms with Crippen LogP contribution in [0.15, 0.2) is 42.5 Å². The van der Waals surface area contributed by atoms with E-state index in [1.165, 1.54) is 0 Å². The minimum Gasteiger partial charge on any atom is -0.497 e. The normalized spacial score (nSPS) is 12.5. The van der Waals surface area contributed by atoms with Gasteiger partial charge in [0, 0.05) is 19.5 Å². The van der Waals surface area contributed by atoms with Crippen molar-refractivity contribution in [3.63, 3.8) is 0 Å². The Labute approximate surface area is 174 Å². The van der Waals surface area contributed by atoms with E-state index in [4.69, 9.17) is 4.74 Å². The van der Waals surface area contributed by atoms with E-state index in [0.29, 0.717) is 17.7 Å². The highest BCUT2D eigenvalue weighted by Crippen LogP contribution is 2.23. The predicted octanol–water partition coefficient (Wildman–Crippen LogP) is 1.42. The fraction of sp³-hybridized carbons (Fsp3) is 0.273. The molecular weight excluding hydrogens is 386 g/mol. The SMILES string of the molecule is COc1ccc(CNC(=O)CNC(=O)CCN2C(=O)c3ccc(C)cc3C2=O)cc1. The molecule has 2 aromatic carbocycles. The summed E-state index contributed by atoms with van der Waals surface area (Å²) in [5.74, 6) is -0.827. The summed E-state index contributed by atoms with van der Waals surface area (Å²) in [6.07, 6.45) is -0.0732. The molecule has 0 radical (unpaired) electrons. The second kappa shape index (κ2) is 9.21. The molecule has 0 spiro atoms. The number of hydrogen-bond donors (Lipinski definition) is 2. The maximum absolute atomic E-state index is 12.4. The summed E-state index contributed by atoms with van der Waals surface area (Å²) >= 11 is 0. The maximum atomic E-state index is 12.4. The van der Waals surface area contributed by atoms with Crippen LogP contribution in [0.5, 0.6) is 5.75 Å². The summed E-state index contributed by atoms with van der Waals surface area (Å²) in [6, 6.07) is 12.3. The van der Waals surface area contributed by atoms with Gasteiger partial charge in [-0.25, -0.2) is 0 Å². The van der Waals surface area contributed by atoms with Gasteiger partial charge in [0.1, 0.15) is 5.75 Å². The number of aryl methyl sites for hydroxylation is 1. The van der Waals surface area contributed by atoms with Gasteiger partial charge in [0.2, 0.25) is 11.8 Å². The van der Waals surface area contributed by atoms with Gasteiger partial charge >= 0.3 is 0 Å². The lowest BCUT2D eigenvalue weighted by molar-refractivity contribution is -0.126. The number of ether oxygens (including phenoxy) is 1. The van der Waals surface area contributed by atoms with Gasteiger partial charge in [-0.1, -0.05) is 23.8 Å². The van der Waals surface area contributed by atoms with Gasteiger partial charge in [-0.3, -0.25) is 24.1 Å². The number of carbonyl (C=O) groups excluding carboxylic acids is 4. The number of hydrogen-bond acceptors (Lipinski definition) is 5. The molecule has 3 rings (SSSR count). The van der Waals surface area contributed by atoms with Crippen molar-refractivity contribution in [3.05, 3.63) is 64.7 Å². The molecule has 0 saturated carbocycles. The van der Waals surface area contributed by atoms with Crippen LogP contribution in [-0.4, -0.2) is 48.7 Å². The first-order chi connectivity index (χ1) is 14.4. The first kappa shape index (κ1) is 21.0. The predicted molar refractivity (Wildman–Crippen MR) is 109 cm³/mol. The molecule has 30 heavy (non-hydrogen) atoms. The molecule has 0 saturated heterocycles. The molecule has 8 nitrogen and oxygen atoms in total. The van der Waals surface area contributed by atoms with Crippen LogP contribution in [0.2, 0.25) is 0 Å². The lowest BCUT2D eigenvalue weighted by Gasteiger charge is -2.13. The summed E-state index contributed by atoms with van der Waals surface area (Å²) in [4.78, 5) is 49.8. The molecule has 1 heterocycles. The Morgan fingerprint density at radius 2 is 1.63 bits per heavy atom.